The highest BCUT2D eigenvalue weighted by molar-refractivity contribution is 6.02. The number of amides is 2. The van der Waals surface area contributed by atoms with E-state index in [4.69, 9.17) is 5.73 Å². The number of carbonyl (C=O) groups is 2. The molecule has 5 nitrogen and oxygen atoms in total. The van der Waals surface area contributed by atoms with Crippen molar-refractivity contribution >= 4 is 17.5 Å². The average molecular weight is 289 g/mol. The van der Waals surface area contributed by atoms with Crippen molar-refractivity contribution in [1.82, 2.24) is 5.32 Å². The summed E-state index contributed by atoms with van der Waals surface area (Å²) in [5.74, 6) is 0.336. The molecule has 114 valence electrons. The summed E-state index contributed by atoms with van der Waals surface area (Å²) in [4.78, 5) is 23.5. The summed E-state index contributed by atoms with van der Waals surface area (Å²) in [6, 6.07) is 6.83. The molecule has 5 heteroatoms. The first-order chi connectivity index (χ1) is 10.1. The summed E-state index contributed by atoms with van der Waals surface area (Å²) < 4.78 is 0. The van der Waals surface area contributed by atoms with Crippen molar-refractivity contribution in [3.05, 3.63) is 29.8 Å². The topological polar surface area (TPSA) is 84.2 Å². The van der Waals surface area contributed by atoms with Gasteiger partial charge in [-0.15, -0.1) is 0 Å². The van der Waals surface area contributed by atoms with Crippen molar-refractivity contribution in [1.29, 1.82) is 0 Å². The minimum Gasteiger partial charge on any atom is -0.366 e. The summed E-state index contributed by atoms with van der Waals surface area (Å²) >= 11 is 0. The molecule has 2 rings (SSSR count). The van der Waals surface area contributed by atoms with E-state index >= 15 is 0 Å². The molecule has 1 saturated heterocycles. The number of nitrogens with two attached hydrogens (primary N) is 1. The van der Waals surface area contributed by atoms with Crippen LogP contribution < -0.4 is 16.4 Å². The van der Waals surface area contributed by atoms with Crippen LogP contribution in [0.15, 0.2) is 24.3 Å². The summed E-state index contributed by atoms with van der Waals surface area (Å²) in [7, 11) is 0. The van der Waals surface area contributed by atoms with Crippen LogP contribution in [0.1, 0.15) is 36.5 Å². The molecule has 1 unspecified atom stereocenters. The van der Waals surface area contributed by atoms with Crippen LogP contribution in [0.3, 0.4) is 0 Å². The fourth-order valence-corrected chi connectivity index (χ4v) is 2.88. The molecular weight excluding hydrogens is 266 g/mol. The third-order valence-electron chi connectivity index (χ3n) is 4.16. The first-order valence-corrected chi connectivity index (χ1v) is 7.47. The molecule has 2 amide bonds. The van der Waals surface area contributed by atoms with E-state index in [1.807, 2.05) is 0 Å². The van der Waals surface area contributed by atoms with Crippen molar-refractivity contribution in [2.75, 3.05) is 18.4 Å². The van der Waals surface area contributed by atoms with E-state index in [1.165, 1.54) is 0 Å². The Labute approximate surface area is 125 Å². The van der Waals surface area contributed by atoms with Gasteiger partial charge in [-0.25, -0.2) is 0 Å². The third-order valence-corrected chi connectivity index (χ3v) is 4.16. The predicted octanol–water partition coefficient (Wildman–Crippen LogP) is 1.75. The van der Waals surface area contributed by atoms with E-state index in [-0.39, 0.29) is 5.91 Å². The lowest BCUT2D eigenvalue weighted by Crippen LogP contribution is -2.32. The van der Waals surface area contributed by atoms with Gasteiger partial charge >= 0.3 is 0 Å². The Morgan fingerprint density at radius 3 is 2.67 bits per heavy atom. The van der Waals surface area contributed by atoms with Gasteiger partial charge in [0.25, 0.3) is 5.91 Å². The summed E-state index contributed by atoms with van der Waals surface area (Å²) in [6.45, 7) is 4.18. The van der Waals surface area contributed by atoms with Gasteiger partial charge in [-0.2, -0.15) is 0 Å². The molecule has 1 fully saturated rings. The van der Waals surface area contributed by atoms with Crippen LogP contribution in [0.4, 0.5) is 5.69 Å². The largest absolute Gasteiger partial charge is 0.366 e. The number of piperidine rings is 1. The number of carbonyl (C=O) groups excluding carboxylic acids is 2. The Morgan fingerprint density at radius 2 is 2.00 bits per heavy atom. The lowest BCUT2D eigenvalue weighted by molar-refractivity contribution is -0.117. The van der Waals surface area contributed by atoms with Crippen molar-refractivity contribution in [3.63, 3.8) is 0 Å². The molecule has 0 spiro atoms. The van der Waals surface area contributed by atoms with Crippen molar-refractivity contribution < 1.29 is 9.59 Å². The van der Waals surface area contributed by atoms with Gasteiger partial charge in [0.15, 0.2) is 0 Å². The third kappa shape index (κ3) is 4.29. The van der Waals surface area contributed by atoms with Crippen molar-refractivity contribution in [3.8, 4) is 0 Å². The molecule has 0 aromatic heterocycles. The van der Waals surface area contributed by atoms with E-state index in [2.05, 4.69) is 17.6 Å². The minimum atomic E-state index is -0.530. The first-order valence-electron chi connectivity index (χ1n) is 7.47. The molecule has 0 aliphatic carbocycles. The van der Waals surface area contributed by atoms with Crippen LogP contribution in [-0.2, 0) is 4.79 Å². The van der Waals surface area contributed by atoms with E-state index < -0.39 is 5.91 Å². The molecule has 1 heterocycles. The lowest BCUT2D eigenvalue weighted by Gasteiger charge is -2.27. The van der Waals surface area contributed by atoms with Gasteiger partial charge in [-0.05, 0) is 49.9 Å². The maximum Gasteiger partial charge on any atom is 0.250 e. The maximum absolute atomic E-state index is 12.2. The molecule has 1 aromatic carbocycles. The molecular formula is C16H23N3O2. The maximum atomic E-state index is 12.2. The number of anilines is 1. The predicted molar refractivity (Wildman–Crippen MR) is 83.0 cm³/mol. The zero-order valence-electron chi connectivity index (χ0n) is 12.4. The summed E-state index contributed by atoms with van der Waals surface area (Å²) in [5.41, 5.74) is 6.15. The molecule has 0 bridgehead atoms. The average Bonchev–Trinajstić information content (AvgIpc) is 2.48. The van der Waals surface area contributed by atoms with Crippen molar-refractivity contribution in [2.45, 2.75) is 26.2 Å². The van der Waals surface area contributed by atoms with Gasteiger partial charge in [-0.1, -0.05) is 19.1 Å². The van der Waals surface area contributed by atoms with E-state index in [0.29, 0.717) is 29.5 Å². The highest BCUT2D eigenvalue weighted by Crippen LogP contribution is 2.25. The standard InChI is InChI=1S/C16H23N3O2/c1-11(12-6-8-18-9-7-12)10-15(20)19-14-5-3-2-4-13(14)16(17)21/h2-5,11-12,18H,6-10H2,1H3,(H2,17,21)(H,19,20). The van der Waals surface area contributed by atoms with Crippen LogP contribution >= 0.6 is 0 Å². The SMILES string of the molecule is CC(CC(=O)Nc1ccccc1C(N)=O)C1CCNCC1. The molecule has 0 radical (unpaired) electrons. The smallest absolute Gasteiger partial charge is 0.250 e. The van der Waals surface area contributed by atoms with Crippen LogP contribution in [0, 0.1) is 11.8 Å². The Balaban J connectivity index is 1.94. The van der Waals surface area contributed by atoms with Gasteiger partial charge in [0.05, 0.1) is 11.3 Å². The van der Waals surface area contributed by atoms with Crippen LogP contribution in [0.25, 0.3) is 0 Å². The molecule has 0 saturated carbocycles. The quantitative estimate of drug-likeness (QED) is 0.772. The number of primary amides is 1. The van der Waals surface area contributed by atoms with E-state index in [9.17, 15) is 9.59 Å². The highest BCUT2D eigenvalue weighted by atomic mass is 16.2. The normalized spacial score (nSPS) is 17.2. The second kappa shape index (κ2) is 7.22. The number of hydrogen-bond donors (Lipinski definition) is 3. The van der Waals surface area contributed by atoms with E-state index in [0.717, 1.165) is 25.9 Å². The minimum absolute atomic E-state index is 0.0604. The van der Waals surface area contributed by atoms with Crippen LogP contribution in [-0.4, -0.2) is 24.9 Å². The van der Waals surface area contributed by atoms with Gasteiger partial charge in [0.2, 0.25) is 5.91 Å². The second-order valence-corrected chi connectivity index (χ2v) is 5.73. The van der Waals surface area contributed by atoms with Crippen LogP contribution in [0.5, 0.6) is 0 Å². The number of nitrogens with one attached hydrogen (secondary N) is 2. The summed E-state index contributed by atoms with van der Waals surface area (Å²) in [6.07, 6.45) is 2.70. The zero-order chi connectivity index (χ0) is 15.2. The Bertz CT molecular complexity index is 510. The highest BCUT2D eigenvalue weighted by Gasteiger charge is 2.22. The summed E-state index contributed by atoms with van der Waals surface area (Å²) in [5, 5.41) is 6.14. The Kier molecular flexibility index (Phi) is 5.33. The van der Waals surface area contributed by atoms with Gasteiger partial charge < -0.3 is 16.4 Å². The number of para-hydroxylation sites is 1. The van der Waals surface area contributed by atoms with E-state index in [1.54, 1.807) is 24.3 Å². The van der Waals surface area contributed by atoms with Crippen LogP contribution in [0.2, 0.25) is 0 Å². The van der Waals surface area contributed by atoms with Gasteiger partial charge in [0, 0.05) is 6.42 Å². The molecule has 4 N–H and O–H groups in total. The number of benzene rings is 1. The fourth-order valence-electron chi connectivity index (χ4n) is 2.88. The van der Waals surface area contributed by atoms with Crippen molar-refractivity contribution in [2.24, 2.45) is 17.6 Å². The molecule has 21 heavy (non-hydrogen) atoms. The van der Waals surface area contributed by atoms with Gasteiger partial charge in [-0.3, -0.25) is 9.59 Å². The number of hydrogen-bond acceptors (Lipinski definition) is 3. The molecule has 1 aliphatic rings. The molecule has 1 aromatic rings. The Hall–Kier alpha value is -1.88. The van der Waals surface area contributed by atoms with Gasteiger partial charge in [0.1, 0.15) is 0 Å². The second-order valence-electron chi connectivity index (χ2n) is 5.73. The Morgan fingerprint density at radius 1 is 1.33 bits per heavy atom. The first kappa shape index (κ1) is 15.5. The fraction of sp³-hybridized carbons (Fsp3) is 0.500. The lowest BCUT2D eigenvalue weighted by atomic mass is 9.84. The zero-order valence-corrected chi connectivity index (χ0v) is 12.4. The molecule has 1 aliphatic heterocycles. The monoisotopic (exact) mass is 289 g/mol. The number of rotatable bonds is 5. The molecule has 1 atom stereocenters.